The van der Waals surface area contributed by atoms with E-state index in [0.29, 0.717) is 19.3 Å². The second-order valence-corrected chi connectivity index (χ2v) is 7.82. The van der Waals surface area contributed by atoms with Gasteiger partial charge in [0.2, 0.25) is 11.8 Å². The third-order valence-corrected chi connectivity index (χ3v) is 5.61. The lowest BCUT2D eigenvalue weighted by Crippen LogP contribution is -2.33. The minimum atomic E-state index is 0.193. The summed E-state index contributed by atoms with van der Waals surface area (Å²) in [5.74, 6) is 0.389. The molecule has 4 nitrogen and oxygen atoms in total. The van der Waals surface area contributed by atoms with Gasteiger partial charge in [0.15, 0.2) is 0 Å². The third-order valence-electron chi connectivity index (χ3n) is 5.61. The first-order valence-corrected chi connectivity index (χ1v) is 10.6. The summed E-state index contributed by atoms with van der Waals surface area (Å²) in [6.07, 6.45) is 5.66. The summed E-state index contributed by atoms with van der Waals surface area (Å²) >= 11 is 0. The average Bonchev–Trinajstić information content (AvgIpc) is 3.13. The van der Waals surface area contributed by atoms with Gasteiger partial charge in [0.05, 0.1) is 6.04 Å². The summed E-state index contributed by atoms with van der Waals surface area (Å²) in [5.41, 5.74) is 3.82. The van der Waals surface area contributed by atoms with Gasteiger partial charge in [-0.3, -0.25) is 9.59 Å². The van der Waals surface area contributed by atoms with E-state index in [9.17, 15) is 9.59 Å². The van der Waals surface area contributed by atoms with Crippen LogP contribution in [0.15, 0.2) is 18.2 Å². The van der Waals surface area contributed by atoms with E-state index in [0.717, 1.165) is 45.3 Å². The minimum absolute atomic E-state index is 0.193. The van der Waals surface area contributed by atoms with Gasteiger partial charge in [-0.05, 0) is 62.6 Å². The Kier molecular flexibility index (Phi) is 8.33. The van der Waals surface area contributed by atoms with Crippen molar-refractivity contribution in [2.75, 3.05) is 19.6 Å². The van der Waals surface area contributed by atoms with Crippen LogP contribution in [-0.2, 0) is 9.59 Å². The molecular weight excluding hydrogens is 336 g/mol. The van der Waals surface area contributed by atoms with E-state index in [1.54, 1.807) is 0 Å². The van der Waals surface area contributed by atoms with E-state index >= 15 is 0 Å². The molecule has 0 saturated carbocycles. The molecule has 1 atom stereocenters. The Morgan fingerprint density at radius 3 is 2.41 bits per heavy atom. The molecule has 1 aromatic rings. The second-order valence-electron chi connectivity index (χ2n) is 7.82. The number of hydrogen-bond donors (Lipinski definition) is 0. The maximum absolute atomic E-state index is 12.8. The molecule has 27 heavy (non-hydrogen) atoms. The van der Waals surface area contributed by atoms with Crippen molar-refractivity contribution in [2.24, 2.45) is 0 Å². The Labute approximate surface area is 164 Å². The Balaban J connectivity index is 1.89. The fraction of sp³-hybridized carbons (Fsp3) is 0.652. The van der Waals surface area contributed by atoms with Crippen molar-refractivity contribution >= 4 is 11.8 Å². The molecular formula is C23H36N2O2. The fourth-order valence-electron chi connectivity index (χ4n) is 3.98. The van der Waals surface area contributed by atoms with Crippen LogP contribution in [0.2, 0.25) is 0 Å². The van der Waals surface area contributed by atoms with Crippen LogP contribution in [0.25, 0.3) is 0 Å². The van der Waals surface area contributed by atoms with Crippen LogP contribution in [0, 0.1) is 13.8 Å². The van der Waals surface area contributed by atoms with E-state index in [2.05, 4.69) is 45.9 Å². The molecule has 0 spiro atoms. The molecule has 1 aliphatic heterocycles. The Hall–Kier alpha value is -1.84. The number of nitrogens with zero attached hydrogens (tertiary/aromatic N) is 2. The molecule has 150 valence electrons. The number of amides is 2. The first-order valence-electron chi connectivity index (χ1n) is 10.6. The SMILES string of the molecule is CCCN(CCC)C(=O)CCCC(=O)N1CCCC1c1ccc(C)c(C)c1. The van der Waals surface area contributed by atoms with Gasteiger partial charge in [0.25, 0.3) is 0 Å². The summed E-state index contributed by atoms with van der Waals surface area (Å²) < 4.78 is 0. The quantitative estimate of drug-likeness (QED) is 0.625. The molecule has 2 amide bonds. The van der Waals surface area contributed by atoms with Crippen molar-refractivity contribution in [3.8, 4) is 0 Å². The fourth-order valence-corrected chi connectivity index (χ4v) is 3.98. The van der Waals surface area contributed by atoms with Gasteiger partial charge in [-0.15, -0.1) is 0 Å². The smallest absolute Gasteiger partial charge is 0.223 e. The highest BCUT2D eigenvalue weighted by Gasteiger charge is 2.29. The predicted octanol–water partition coefficient (Wildman–Crippen LogP) is 4.79. The minimum Gasteiger partial charge on any atom is -0.343 e. The Morgan fingerprint density at radius 2 is 1.78 bits per heavy atom. The van der Waals surface area contributed by atoms with Crippen LogP contribution in [0.3, 0.4) is 0 Å². The Bertz CT molecular complexity index is 635. The second kappa shape index (κ2) is 10.5. The van der Waals surface area contributed by atoms with Gasteiger partial charge in [-0.1, -0.05) is 32.0 Å². The van der Waals surface area contributed by atoms with Gasteiger partial charge in [-0.25, -0.2) is 0 Å². The molecule has 4 heteroatoms. The number of rotatable bonds is 9. The van der Waals surface area contributed by atoms with Crippen LogP contribution in [0.1, 0.15) is 81.5 Å². The molecule has 0 N–H and O–H groups in total. The zero-order valence-electron chi connectivity index (χ0n) is 17.6. The summed E-state index contributed by atoms with van der Waals surface area (Å²) in [6, 6.07) is 6.74. The lowest BCUT2D eigenvalue weighted by atomic mass is 9.99. The summed E-state index contributed by atoms with van der Waals surface area (Å²) in [5, 5.41) is 0. The number of aryl methyl sites for hydroxylation is 2. The average molecular weight is 373 g/mol. The van der Waals surface area contributed by atoms with Gasteiger partial charge in [-0.2, -0.15) is 0 Å². The van der Waals surface area contributed by atoms with Gasteiger partial charge in [0.1, 0.15) is 0 Å². The van der Waals surface area contributed by atoms with Crippen LogP contribution >= 0.6 is 0 Å². The molecule has 1 heterocycles. The molecule has 1 aromatic carbocycles. The highest BCUT2D eigenvalue weighted by molar-refractivity contribution is 5.79. The van der Waals surface area contributed by atoms with E-state index in [1.807, 2.05) is 9.80 Å². The molecule has 0 radical (unpaired) electrons. The number of likely N-dealkylation sites (tertiary alicyclic amines) is 1. The summed E-state index contributed by atoms with van der Waals surface area (Å²) in [7, 11) is 0. The first kappa shape index (κ1) is 21.5. The molecule has 0 aromatic heterocycles. The maximum Gasteiger partial charge on any atom is 0.223 e. The number of hydrogen-bond acceptors (Lipinski definition) is 2. The molecule has 0 bridgehead atoms. The highest BCUT2D eigenvalue weighted by Crippen LogP contribution is 2.33. The third kappa shape index (κ3) is 5.82. The summed E-state index contributed by atoms with van der Waals surface area (Å²) in [4.78, 5) is 29.1. The lowest BCUT2D eigenvalue weighted by Gasteiger charge is -2.26. The van der Waals surface area contributed by atoms with E-state index < -0.39 is 0 Å². The number of benzene rings is 1. The van der Waals surface area contributed by atoms with Crippen LogP contribution < -0.4 is 0 Å². The number of carbonyl (C=O) groups excluding carboxylic acids is 2. The highest BCUT2D eigenvalue weighted by atomic mass is 16.2. The van der Waals surface area contributed by atoms with Gasteiger partial charge >= 0.3 is 0 Å². The van der Waals surface area contributed by atoms with E-state index in [1.165, 1.54) is 16.7 Å². The topological polar surface area (TPSA) is 40.6 Å². The van der Waals surface area contributed by atoms with Crippen LogP contribution in [0.4, 0.5) is 0 Å². The Morgan fingerprint density at radius 1 is 1.07 bits per heavy atom. The van der Waals surface area contributed by atoms with Crippen molar-refractivity contribution in [1.29, 1.82) is 0 Å². The standard InChI is InChI=1S/C23H36N2O2/c1-5-14-24(15-6-2)22(26)10-7-11-23(27)25-16-8-9-21(25)20-13-12-18(3)19(4)17-20/h12-13,17,21H,5-11,14-16H2,1-4H3. The van der Waals surface area contributed by atoms with Crippen LogP contribution in [0.5, 0.6) is 0 Å². The number of carbonyl (C=O) groups is 2. The largest absolute Gasteiger partial charge is 0.343 e. The molecule has 1 fully saturated rings. The van der Waals surface area contributed by atoms with E-state index in [-0.39, 0.29) is 17.9 Å². The van der Waals surface area contributed by atoms with Gasteiger partial charge in [0, 0.05) is 32.5 Å². The van der Waals surface area contributed by atoms with Crippen molar-refractivity contribution in [1.82, 2.24) is 9.80 Å². The molecule has 1 saturated heterocycles. The normalized spacial score (nSPS) is 16.6. The van der Waals surface area contributed by atoms with Crippen molar-refractivity contribution in [3.05, 3.63) is 34.9 Å². The molecule has 2 rings (SSSR count). The predicted molar refractivity (Wildman–Crippen MR) is 111 cm³/mol. The van der Waals surface area contributed by atoms with Gasteiger partial charge < -0.3 is 9.80 Å². The van der Waals surface area contributed by atoms with Crippen molar-refractivity contribution < 1.29 is 9.59 Å². The molecule has 1 unspecified atom stereocenters. The summed E-state index contributed by atoms with van der Waals surface area (Å²) in [6.45, 7) is 10.9. The van der Waals surface area contributed by atoms with Crippen LogP contribution in [-0.4, -0.2) is 41.2 Å². The molecule has 0 aliphatic carbocycles. The maximum atomic E-state index is 12.8. The molecule has 1 aliphatic rings. The van der Waals surface area contributed by atoms with Crippen molar-refractivity contribution in [3.63, 3.8) is 0 Å². The first-order chi connectivity index (χ1) is 13.0. The van der Waals surface area contributed by atoms with E-state index in [4.69, 9.17) is 0 Å². The lowest BCUT2D eigenvalue weighted by molar-refractivity contribution is -0.133. The zero-order valence-corrected chi connectivity index (χ0v) is 17.6. The zero-order chi connectivity index (χ0) is 19.8. The van der Waals surface area contributed by atoms with Crippen molar-refractivity contribution in [2.45, 2.75) is 78.7 Å². The monoisotopic (exact) mass is 372 g/mol.